The fourth-order valence-corrected chi connectivity index (χ4v) is 4.69. The maximum Gasteiger partial charge on any atom is 0.337 e. The number of aliphatic carboxylic acids is 1. The van der Waals surface area contributed by atoms with Gasteiger partial charge in [-0.1, -0.05) is 23.7 Å². The van der Waals surface area contributed by atoms with E-state index in [9.17, 15) is 9.90 Å². The third-order valence-electron chi connectivity index (χ3n) is 6.18. The molecule has 8 nitrogen and oxygen atoms in total. The smallest absolute Gasteiger partial charge is 0.337 e. The summed E-state index contributed by atoms with van der Waals surface area (Å²) in [7, 11) is 5.52. The largest absolute Gasteiger partial charge is 0.479 e. The van der Waals surface area contributed by atoms with E-state index in [1.807, 2.05) is 59.1 Å². The van der Waals surface area contributed by atoms with Gasteiger partial charge in [-0.2, -0.15) is 0 Å². The molecule has 0 saturated heterocycles. The number of anilines is 3. The van der Waals surface area contributed by atoms with E-state index in [2.05, 4.69) is 20.5 Å². The Labute approximate surface area is 211 Å². The monoisotopic (exact) mass is 499 g/mol. The van der Waals surface area contributed by atoms with E-state index in [-0.39, 0.29) is 0 Å². The van der Waals surface area contributed by atoms with Gasteiger partial charge in [0.2, 0.25) is 0 Å². The molecule has 188 valence electrons. The van der Waals surface area contributed by atoms with Gasteiger partial charge in [0.25, 0.3) is 0 Å². The summed E-state index contributed by atoms with van der Waals surface area (Å²) in [5.74, 6) is 0.917. The lowest BCUT2D eigenvalue weighted by atomic mass is 9.93. The predicted molar refractivity (Wildman–Crippen MR) is 143 cm³/mol. The van der Waals surface area contributed by atoms with Crippen molar-refractivity contribution in [3.8, 4) is 11.1 Å². The topological polar surface area (TPSA) is 100 Å². The minimum Gasteiger partial charge on any atom is -0.479 e. The van der Waals surface area contributed by atoms with Gasteiger partial charge in [0.15, 0.2) is 6.10 Å². The summed E-state index contributed by atoms with van der Waals surface area (Å²) < 4.78 is 8.32. The highest BCUT2D eigenvalue weighted by molar-refractivity contribution is 6.30. The van der Waals surface area contributed by atoms with Gasteiger partial charge in [0.1, 0.15) is 17.3 Å². The van der Waals surface area contributed by atoms with Crippen LogP contribution in [0, 0.1) is 5.92 Å². The number of halogens is 1. The molecule has 1 aliphatic rings. The molecule has 2 heterocycles. The van der Waals surface area contributed by atoms with Crippen LogP contribution in [-0.4, -0.2) is 47.4 Å². The number of ether oxygens (including phenoxy) is 1. The lowest BCUT2D eigenvalue weighted by Crippen LogP contribution is -2.28. The van der Waals surface area contributed by atoms with Gasteiger partial charge >= 0.3 is 5.97 Å². The first-order chi connectivity index (χ1) is 16.6. The van der Waals surface area contributed by atoms with Crippen molar-refractivity contribution in [2.24, 2.45) is 5.92 Å². The number of nitrogens with zero attached hydrogens (tertiary/aromatic N) is 2. The summed E-state index contributed by atoms with van der Waals surface area (Å²) in [5, 5.41) is 21.6. The van der Waals surface area contributed by atoms with Gasteiger partial charge < -0.3 is 30.4 Å². The third-order valence-corrected chi connectivity index (χ3v) is 6.43. The zero-order chi connectivity index (χ0) is 25.5. The number of carboxylic acids is 1. The maximum atomic E-state index is 12.6. The Balaban J connectivity index is 2.16. The molecule has 35 heavy (non-hydrogen) atoms. The normalized spacial score (nSPS) is 14.7. The van der Waals surface area contributed by atoms with Crippen LogP contribution in [0.4, 0.5) is 17.3 Å². The van der Waals surface area contributed by atoms with Crippen LogP contribution in [-0.2, 0) is 16.1 Å². The molecule has 0 unspecified atom stereocenters. The van der Waals surface area contributed by atoms with Crippen molar-refractivity contribution in [2.75, 3.05) is 37.1 Å². The fourth-order valence-electron chi connectivity index (χ4n) is 4.57. The van der Waals surface area contributed by atoms with Crippen LogP contribution in [0.3, 0.4) is 0 Å². The summed E-state index contributed by atoms with van der Waals surface area (Å²) >= 11 is 6.22. The number of fused-ring (bicyclic) bond motifs is 1. The highest BCUT2D eigenvalue weighted by Crippen LogP contribution is 2.48. The van der Waals surface area contributed by atoms with Crippen molar-refractivity contribution >= 4 is 45.9 Å². The van der Waals surface area contributed by atoms with E-state index in [0.29, 0.717) is 22.3 Å². The molecule has 0 bridgehead atoms. The number of carboxylic acid groups (broad SMARTS) is 1. The Morgan fingerprint density at radius 2 is 1.83 bits per heavy atom. The summed E-state index contributed by atoms with van der Waals surface area (Å²) in [4.78, 5) is 17.6. The Hall–Kier alpha value is -2.97. The number of hydrogen-bond donors (Lipinski definition) is 4. The number of carbonyl (C=O) groups is 1. The lowest BCUT2D eigenvalue weighted by molar-refractivity contribution is -0.160. The molecule has 3 aromatic rings. The molecule has 1 fully saturated rings. The first kappa shape index (κ1) is 25.1. The van der Waals surface area contributed by atoms with E-state index in [1.165, 1.54) is 12.8 Å². The summed E-state index contributed by atoms with van der Waals surface area (Å²) in [6.07, 6.45) is 1.15. The van der Waals surface area contributed by atoms with E-state index in [0.717, 1.165) is 40.2 Å². The average molecular weight is 500 g/mol. The molecule has 9 heteroatoms. The number of aromatic nitrogens is 2. The van der Waals surface area contributed by atoms with Gasteiger partial charge in [-0.3, -0.25) is 0 Å². The van der Waals surface area contributed by atoms with Gasteiger partial charge in [-0.25, -0.2) is 9.78 Å². The number of hydrogen-bond acceptors (Lipinski definition) is 6. The highest BCUT2D eigenvalue weighted by Gasteiger charge is 2.36. The van der Waals surface area contributed by atoms with Gasteiger partial charge in [-0.15, -0.1) is 0 Å². The molecule has 1 aromatic carbocycles. The predicted octanol–water partition coefficient (Wildman–Crippen LogP) is 5.83. The average Bonchev–Trinajstić information content (AvgIpc) is 3.57. The number of pyridine rings is 1. The van der Waals surface area contributed by atoms with Gasteiger partial charge in [0.05, 0.1) is 16.7 Å². The van der Waals surface area contributed by atoms with Crippen molar-refractivity contribution in [2.45, 2.75) is 51.9 Å². The summed E-state index contributed by atoms with van der Waals surface area (Å²) in [6.45, 7) is 6.38. The standard InChI is InChI=1S/C26H34ClN5O3/c1-26(2,3)35-21(25(33)34)19-17(15-9-11-16(27)12-10-15)18-20(28-4)24(30-6)32(13-14-7-8-14)23(18)31-22(19)29-5/h9-12,14,21,28,30H,7-8,13H2,1-6H3,(H,29,31)(H,33,34)/t21-/m1/s1. The summed E-state index contributed by atoms with van der Waals surface area (Å²) in [6, 6.07) is 7.44. The number of nitrogens with one attached hydrogen (secondary N) is 3. The van der Waals surface area contributed by atoms with E-state index in [1.54, 1.807) is 7.05 Å². The van der Waals surface area contributed by atoms with Gasteiger partial charge in [0, 0.05) is 43.8 Å². The first-order valence-electron chi connectivity index (χ1n) is 11.9. The van der Waals surface area contributed by atoms with Crippen LogP contribution in [0.25, 0.3) is 22.2 Å². The molecule has 1 aliphatic carbocycles. The van der Waals surface area contributed by atoms with Gasteiger partial charge in [-0.05, 0) is 57.2 Å². The molecule has 4 N–H and O–H groups in total. The van der Waals surface area contributed by atoms with Crippen LogP contribution in [0.2, 0.25) is 5.02 Å². The zero-order valence-electron chi connectivity index (χ0n) is 21.1. The molecule has 4 rings (SSSR count). The SMILES string of the molecule is CNc1nc2c(c(NC)c(NC)n2CC2CC2)c(-c2ccc(Cl)cc2)c1[C@@H](OC(C)(C)C)C(=O)O. The quantitative estimate of drug-likeness (QED) is 0.293. The molecular weight excluding hydrogens is 466 g/mol. The molecular formula is C26H34ClN5O3. The minimum absolute atomic E-state index is 0.471. The second-order valence-corrected chi connectivity index (χ2v) is 10.4. The Kier molecular flexibility index (Phi) is 6.88. The molecule has 1 atom stereocenters. The Morgan fingerprint density at radius 1 is 1.17 bits per heavy atom. The second-order valence-electron chi connectivity index (χ2n) is 9.93. The van der Waals surface area contributed by atoms with Crippen LogP contribution >= 0.6 is 11.6 Å². The third kappa shape index (κ3) is 4.90. The van der Waals surface area contributed by atoms with Crippen molar-refractivity contribution in [1.29, 1.82) is 0 Å². The van der Waals surface area contributed by atoms with Crippen LogP contribution in [0.5, 0.6) is 0 Å². The van der Waals surface area contributed by atoms with Crippen LogP contribution < -0.4 is 16.0 Å². The Morgan fingerprint density at radius 3 is 2.31 bits per heavy atom. The lowest BCUT2D eigenvalue weighted by Gasteiger charge is -2.28. The van der Waals surface area contributed by atoms with Crippen LogP contribution in [0.1, 0.15) is 45.3 Å². The van der Waals surface area contributed by atoms with Crippen molar-refractivity contribution in [3.63, 3.8) is 0 Å². The van der Waals surface area contributed by atoms with E-state index >= 15 is 0 Å². The first-order valence-corrected chi connectivity index (χ1v) is 12.3. The number of benzene rings is 1. The number of rotatable bonds is 9. The second kappa shape index (κ2) is 9.59. The molecule has 2 aromatic heterocycles. The zero-order valence-corrected chi connectivity index (χ0v) is 21.9. The summed E-state index contributed by atoms with van der Waals surface area (Å²) in [5.41, 5.74) is 3.02. The molecule has 1 saturated carbocycles. The van der Waals surface area contributed by atoms with Crippen molar-refractivity contribution in [1.82, 2.24) is 9.55 Å². The molecule has 0 radical (unpaired) electrons. The van der Waals surface area contributed by atoms with Crippen molar-refractivity contribution < 1.29 is 14.6 Å². The van der Waals surface area contributed by atoms with E-state index < -0.39 is 17.7 Å². The minimum atomic E-state index is -1.24. The Bertz CT molecular complexity index is 1240. The highest BCUT2D eigenvalue weighted by atomic mass is 35.5. The maximum absolute atomic E-state index is 12.6. The molecule has 0 aliphatic heterocycles. The van der Waals surface area contributed by atoms with Crippen molar-refractivity contribution in [3.05, 3.63) is 34.9 Å². The molecule has 0 spiro atoms. The molecule has 0 amide bonds. The van der Waals surface area contributed by atoms with E-state index in [4.69, 9.17) is 21.3 Å². The fraction of sp³-hybridized carbons (Fsp3) is 0.462. The van der Waals surface area contributed by atoms with Crippen LogP contribution in [0.15, 0.2) is 24.3 Å².